The predicted molar refractivity (Wildman–Crippen MR) is 66.3 cm³/mol. The van der Waals surface area contributed by atoms with E-state index in [-0.39, 0.29) is 5.69 Å². The third kappa shape index (κ3) is 2.14. The SMILES string of the molecule is O=c1nc(C2CCCNC2)c2c([nH]1)CCCC2. The maximum absolute atomic E-state index is 11.6. The number of aromatic amines is 1. The lowest BCUT2D eigenvalue weighted by molar-refractivity contribution is 0.447. The van der Waals surface area contributed by atoms with Crippen LogP contribution in [0.4, 0.5) is 0 Å². The minimum Gasteiger partial charge on any atom is -0.316 e. The molecule has 0 radical (unpaired) electrons. The van der Waals surface area contributed by atoms with Gasteiger partial charge in [0.1, 0.15) is 0 Å². The van der Waals surface area contributed by atoms with E-state index in [0.29, 0.717) is 5.92 Å². The highest BCUT2D eigenvalue weighted by atomic mass is 16.1. The lowest BCUT2D eigenvalue weighted by atomic mass is 9.87. The van der Waals surface area contributed by atoms with Crippen LogP contribution in [0.5, 0.6) is 0 Å². The van der Waals surface area contributed by atoms with Crippen molar-refractivity contribution in [1.29, 1.82) is 0 Å². The van der Waals surface area contributed by atoms with Crippen LogP contribution in [-0.2, 0) is 12.8 Å². The molecule has 0 saturated carbocycles. The summed E-state index contributed by atoms with van der Waals surface area (Å²) in [7, 11) is 0. The zero-order chi connectivity index (χ0) is 11.7. The molecule has 0 aromatic carbocycles. The van der Waals surface area contributed by atoms with Crippen LogP contribution in [-0.4, -0.2) is 23.1 Å². The Morgan fingerprint density at radius 2 is 2.06 bits per heavy atom. The van der Waals surface area contributed by atoms with Gasteiger partial charge >= 0.3 is 5.69 Å². The smallest absolute Gasteiger partial charge is 0.316 e. The van der Waals surface area contributed by atoms with Crippen LogP contribution >= 0.6 is 0 Å². The molecule has 0 spiro atoms. The van der Waals surface area contributed by atoms with E-state index in [1.54, 1.807) is 0 Å². The van der Waals surface area contributed by atoms with Gasteiger partial charge in [0.2, 0.25) is 0 Å². The summed E-state index contributed by atoms with van der Waals surface area (Å²) in [5, 5.41) is 3.41. The van der Waals surface area contributed by atoms with Crippen LogP contribution in [0.1, 0.15) is 48.6 Å². The van der Waals surface area contributed by atoms with E-state index in [2.05, 4.69) is 15.3 Å². The first-order valence-corrected chi connectivity index (χ1v) is 6.67. The third-order valence-electron chi connectivity index (χ3n) is 3.94. The Morgan fingerprint density at radius 3 is 2.88 bits per heavy atom. The third-order valence-corrected chi connectivity index (χ3v) is 3.94. The Hall–Kier alpha value is -1.16. The van der Waals surface area contributed by atoms with Gasteiger partial charge in [0, 0.05) is 18.2 Å². The van der Waals surface area contributed by atoms with Gasteiger partial charge in [0.15, 0.2) is 0 Å². The maximum atomic E-state index is 11.6. The zero-order valence-electron chi connectivity index (χ0n) is 10.1. The second-order valence-electron chi connectivity index (χ2n) is 5.13. The number of piperidine rings is 1. The average molecular weight is 233 g/mol. The summed E-state index contributed by atoms with van der Waals surface area (Å²) in [5.74, 6) is 0.442. The van der Waals surface area contributed by atoms with Crippen LogP contribution in [0.3, 0.4) is 0 Å². The van der Waals surface area contributed by atoms with Gasteiger partial charge in [-0.1, -0.05) is 0 Å². The number of nitrogens with one attached hydrogen (secondary N) is 2. The van der Waals surface area contributed by atoms with E-state index in [0.717, 1.165) is 43.7 Å². The maximum Gasteiger partial charge on any atom is 0.345 e. The number of hydrogen-bond donors (Lipinski definition) is 2. The monoisotopic (exact) mass is 233 g/mol. The molecule has 1 aromatic heterocycles. The lowest BCUT2D eigenvalue weighted by Gasteiger charge is -2.26. The molecule has 3 rings (SSSR count). The van der Waals surface area contributed by atoms with Gasteiger partial charge in [-0.2, -0.15) is 4.98 Å². The molecule has 92 valence electrons. The van der Waals surface area contributed by atoms with Crippen molar-refractivity contribution in [3.05, 3.63) is 27.4 Å². The molecule has 2 aliphatic rings. The van der Waals surface area contributed by atoms with Crippen LogP contribution < -0.4 is 11.0 Å². The summed E-state index contributed by atoms with van der Waals surface area (Å²) in [6, 6.07) is 0. The largest absolute Gasteiger partial charge is 0.345 e. The molecular weight excluding hydrogens is 214 g/mol. The quantitative estimate of drug-likeness (QED) is 0.764. The van der Waals surface area contributed by atoms with Gasteiger partial charge < -0.3 is 10.3 Å². The van der Waals surface area contributed by atoms with Gasteiger partial charge in [0.05, 0.1) is 5.69 Å². The van der Waals surface area contributed by atoms with Crippen molar-refractivity contribution in [2.24, 2.45) is 0 Å². The van der Waals surface area contributed by atoms with E-state index in [1.165, 1.54) is 24.8 Å². The summed E-state index contributed by atoms with van der Waals surface area (Å²) < 4.78 is 0. The first kappa shape index (κ1) is 11.0. The number of H-pyrrole nitrogens is 1. The standard InChI is InChI=1S/C13H19N3O/c17-13-15-11-6-2-1-5-10(11)12(16-13)9-4-3-7-14-8-9/h9,14H,1-8H2,(H,15,16,17). The molecule has 1 unspecified atom stereocenters. The zero-order valence-corrected chi connectivity index (χ0v) is 10.1. The second kappa shape index (κ2) is 4.61. The van der Waals surface area contributed by atoms with Crippen molar-refractivity contribution >= 4 is 0 Å². The van der Waals surface area contributed by atoms with E-state index < -0.39 is 0 Å². The van der Waals surface area contributed by atoms with Crippen LogP contribution in [0.2, 0.25) is 0 Å². The molecule has 2 heterocycles. The van der Waals surface area contributed by atoms with Gasteiger partial charge in [-0.05, 0) is 50.6 Å². The van der Waals surface area contributed by atoms with Crippen molar-refractivity contribution in [2.75, 3.05) is 13.1 Å². The van der Waals surface area contributed by atoms with Crippen LogP contribution in [0.15, 0.2) is 4.79 Å². The topological polar surface area (TPSA) is 57.8 Å². The number of hydrogen-bond acceptors (Lipinski definition) is 3. The molecule has 0 bridgehead atoms. The molecule has 1 fully saturated rings. The highest BCUT2D eigenvalue weighted by Gasteiger charge is 2.23. The van der Waals surface area contributed by atoms with Crippen molar-refractivity contribution in [3.63, 3.8) is 0 Å². The van der Waals surface area contributed by atoms with Crippen molar-refractivity contribution < 1.29 is 0 Å². The Labute approximate surface area is 101 Å². The van der Waals surface area contributed by atoms with Crippen LogP contribution in [0, 0.1) is 0 Å². The summed E-state index contributed by atoms with van der Waals surface area (Å²) in [4.78, 5) is 18.8. The minimum absolute atomic E-state index is 0.161. The molecule has 2 N–H and O–H groups in total. The normalized spacial score (nSPS) is 24.4. The first-order valence-electron chi connectivity index (χ1n) is 6.67. The van der Waals surface area contributed by atoms with Gasteiger partial charge in [-0.15, -0.1) is 0 Å². The fraction of sp³-hybridized carbons (Fsp3) is 0.692. The average Bonchev–Trinajstić information content (AvgIpc) is 2.39. The molecule has 0 amide bonds. The summed E-state index contributed by atoms with van der Waals surface area (Å²) in [6.07, 6.45) is 6.87. The Bertz CT molecular complexity index is 460. The number of aryl methyl sites for hydroxylation is 1. The Morgan fingerprint density at radius 1 is 1.18 bits per heavy atom. The molecule has 1 aromatic rings. The highest BCUT2D eigenvalue weighted by Crippen LogP contribution is 2.28. The number of aromatic nitrogens is 2. The molecule has 1 saturated heterocycles. The molecule has 4 heteroatoms. The molecule has 1 atom stereocenters. The summed E-state index contributed by atoms with van der Waals surface area (Å²) in [5.41, 5.74) is 3.41. The Balaban J connectivity index is 2.01. The van der Waals surface area contributed by atoms with E-state index >= 15 is 0 Å². The number of fused-ring (bicyclic) bond motifs is 1. The molecule has 4 nitrogen and oxygen atoms in total. The number of nitrogens with zero attached hydrogens (tertiary/aromatic N) is 1. The minimum atomic E-state index is -0.161. The van der Waals surface area contributed by atoms with Gasteiger partial charge in [-0.25, -0.2) is 4.79 Å². The van der Waals surface area contributed by atoms with Crippen molar-refractivity contribution in [3.8, 4) is 0 Å². The van der Waals surface area contributed by atoms with Crippen LogP contribution in [0.25, 0.3) is 0 Å². The van der Waals surface area contributed by atoms with Crippen molar-refractivity contribution in [1.82, 2.24) is 15.3 Å². The molecule has 17 heavy (non-hydrogen) atoms. The molecule has 1 aliphatic heterocycles. The Kier molecular flexibility index (Phi) is 2.97. The van der Waals surface area contributed by atoms with Gasteiger partial charge in [-0.3, -0.25) is 0 Å². The first-order chi connectivity index (χ1) is 8.34. The van der Waals surface area contributed by atoms with E-state index in [4.69, 9.17) is 0 Å². The number of rotatable bonds is 1. The van der Waals surface area contributed by atoms with E-state index in [1.807, 2.05) is 0 Å². The highest BCUT2D eigenvalue weighted by molar-refractivity contribution is 5.30. The fourth-order valence-electron chi connectivity index (χ4n) is 3.08. The summed E-state index contributed by atoms with van der Waals surface area (Å²) in [6.45, 7) is 2.07. The van der Waals surface area contributed by atoms with Crippen molar-refractivity contribution in [2.45, 2.75) is 44.4 Å². The van der Waals surface area contributed by atoms with Gasteiger partial charge in [0.25, 0.3) is 0 Å². The molecule has 1 aliphatic carbocycles. The predicted octanol–water partition coefficient (Wildman–Crippen LogP) is 1.12. The lowest BCUT2D eigenvalue weighted by Crippen LogP contribution is -2.32. The second-order valence-corrected chi connectivity index (χ2v) is 5.13. The molecular formula is C13H19N3O. The summed E-state index contributed by atoms with van der Waals surface area (Å²) >= 11 is 0. The fourth-order valence-corrected chi connectivity index (χ4v) is 3.08. The van der Waals surface area contributed by atoms with E-state index in [9.17, 15) is 4.79 Å².